The van der Waals surface area contributed by atoms with Gasteiger partial charge < -0.3 is 15.4 Å². The lowest BCUT2D eigenvalue weighted by atomic mass is 10.2. The molecule has 27 heavy (non-hydrogen) atoms. The second-order valence-corrected chi connectivity index (χ2v) is 5.65. The number of halogens is 1. The number of hydrogen-bond acceptors (Lipinski definition) is 6. The third-order valence-corrected chi connectivity index (χ3v) is 3.87. The molecule has 0 fully saturated rings. The Morgan fingerprint density at radius 1 is 1.37 bits per heavy atom. The number of nitrogens with zero attached hydrogens (tertiary/aromatic N) is 2. The van der Waals surface area contributed by atoms with Crippen LogP contribution in [0.1, 0.15) is 5.56 Å². The van der Waals surface area contributed by atoms with Gasteiger partial charge in [0.05, 0.1) is 23.8 Å². The van der Waals surface area contributed by atoms with E-state index in [2.05, 4.69) is 10.6 Å². The molecule has 0 radical (unpaired) electrons. The first-order valence-electron chi connectivity index (χ1n) is 7.67. The van der Waals surface area contributed by atoms with Crippen molar-refractivity contribution in [2.45, 2.75) is 6.54 Å². The lowest BCUT2D eigenvalue weighted by molar-refractivity contribution is -0.384. The Balaban J connectivity index is 2.10. The second kappa shape index (κ2) is 9.22. The number of nitro benzene ring substituents is 1. The fourth-order valence-electron chi connectivity index (χ4n) is 2.14. The van der Waals surface area contributed by atoms with Crippen molar-refractivity contribution < 1.29 is 14.5 Å². The molecule has 0 heterocycles. The monoisotopic (exact) mass is 386 g/mol. The van der Waals surface area contributed by atoms with Gasteiger partial charge >= 0.3 is 0 Å². The van der Waals surface area contributed by atoms with Crippen LogP contribution in [0.5, 0.6) is 5.75 Å². The molecule has 2 aromatic carbocycles. The first-order chi connectivity index (χ1) is 13.0. The Bertz CT molecular complexity index is 937. The van der Waals surface area contributed by atoms with E-state index in [0.29, 0.717) is 11.6 Å². The zero-order valence-corrected chi connectivity index (χ0v) is 15.0. The third kappa shape index (κ3) is 5.20. The number of nitrogens with one attached hydrogen (secondary N) is 2. The van der Waals surface area contributed by atoms with Crippen molar-refractivity contribution in [2.75, 3.05) is 12.4 Å². The normalized spacial score (nSPS) is 10.6. The zero-order chi connectivity index (χ0) is 19.8. The number of nitriles is 1. The summed E-state index contributed by atoms with van der Waals surface area (Å²) in [5, 5.41) is 25.9. The number of ether oxygens (including phenoxy) is 1. The van der Waals surface area contributed by atoms with Gasteiger partial charge in [0, 0.05) is 23.8 Å². The Morgan fingerprint density at radius 2 is 2.11 bits per heavy atom. The van der Waals surface area contributed by atoms with Crippen molar-refractivity contribution in [3.05, 3.63) is 74.9 Å². The highest BCUT2D eigenvalue weighted by molar-refractivity contribution is 6.31. The molecule has 0 aromatic heterocycles. The lowest BCUT2D eigenvalue weighted by Gasteiger charge is -2.10. The highest BCUT2D eigenvalue weighted by atomic mass is 35.5. The molecule has 0 spiro atoms. The van der Waals surface area contributed by atoms with Gasteiger partial charge in [0.25, 0.3) is 11.6 Å². The average Bonchev–Trinajstić information content (AvgIpc) is 2.66. The minimum atomic E-state index is -0.684. The Kier molecular flexibility index (Phi) is 6.74. The van der Waals surface area contributed by atoms with Crippen molar-refractivity contribution in [3.8, 4) is 11.8 Å². The molecular formula is C18H15ClN4O4. The van der Waals surface area contributed by atoms with Crippen LogP contribution in [0.15, 0.2) is 54.2 Å². The summed E-state index contributed by atoms with van der Waals surface area (Å²) in [6.45, 7) is 0.332. The van der Waals surface area contributed by atoms with Crippen LogP contribution in [0.4, 0.5) is 11.4 Å². The number of anilines is 1. The molecule has 0 unspecified atom stereocenters. The van der Waals surface area contributed by atoms with Crippen LogP contribution in [0.2, 0.25) is 5.02 Å². The molecule has 0 aliphatic heterocycles. The molecule has 0 aliphatic rings. The van der Waals surface area contributed by atoms with Crippen molar-refractivity contribution >= 4 is 28.9 Å². The van der Waals surface area contributed by atoms with E-state index in [0.717, 1.165) is 5.56 Å². The predicted octanol–water partition coefficient (Wildman–Crippen LogP) is 3.39. The van der Waals surface area contributed by atoms with E-state index < -0.39 is 10.8 Å². The van der Waals surface area contributed by atoms with Gasteiger partial charge in [-0.15, -0.1) is 0 Å². The molecule has 9 heteroatoms. The second-order valence-electron chi connectivity index (χ2n) is 5.24. The van der Waals surface area contributed by atoms with Gasteiger partial charge in [-0.1, -0.05) is 29.8 Å². The molecule has 0 atom stereocenters. The van der Waals surface area contributed by atoms with Crippen molar-refractivity contribution in [2.24, 2.45) is 0 Å². The van der Waals surface area contributed by atoms with Crippen LogP contribution >= 0.6 is 11.6 Å². The Morgan fingerprint density at radius 3 is 2.74 bits per heavy atom. The summed E-state index contributed by atoms with van der Waals surface area (Å²) in [6, 6.07) is 12.7. The Labute approximate surface area is 160 Å². The van der Waals surface area contributed by atoms with Gasteiger partial charge in [-0.3, -0.25) is 14.9 Å². The molecule has 1 amide bonds. The van der Waals surface area contributed by atoms with Gasteiger partial charge in [0.2, 0.25) is 0 Å². The molecule has 8 nitrogen and oxygen atoms in total. The molecule has 2 aromatic rings. The third-order valence-electron chi connectivity index (χ3n) is 3.51. The maximum absolute atomic E-state index is 12.3. The van der Waals surface area contributed by atoms with E-state index in [9.17, 15) is 20.2 Å². The number of methoxy groups -OCH3 is 1. The summed E-state index contributed by atoms with van der Waals surface area (Å²) in [7, 11) is 1.32. The van der Waals surface area contributed by atoms with E-state index in [-0.39, 0.29) is 22.7 Å². The number of amides is 1. The van der Waals surface area contributed by atoms with Crippen LogP contribution in [0.25, 0.3) is 0 Å². The number of non-ortho nitro benzene ring substituents is 1. The van der Waals surface area contributed by atoms with Gasteiger partial charge in [-0.05, 0) is 17.7 Å². The van der Waals surface area contributed by atoms with Crippen LogP contribution in [0.3, 0.4) is 0 Å². The van der Waals surface area contributed by atoms with Crippen molar-refractivity contribution in [3.63, 3.8) is 0 Å². The minimum Gasteiger partial charge on any atom is -0.494 e. The van der Waals surface area contributed by atoms with E-state index in [1.165, 1.54) is 31.5 Å². The molecule has 138 valence electrons. The standard InChI is InChI=1S/C18H15ClN4O4/c1-27-17-8-14(23(25)26)6-7-16(17)22-18(24)13(9-20)11-21-10-12-4-2-3-5-15(12)19/h2-8,11,21H,10H2,1H3,(H,22,24)/b13-11-. The summed E-state index contributed by atoms with van der Waals surface area (Å²) < 4.78 is 5.05. The van der Waals surface area contributed by atoms with Gasteiger partial charge in [-0.25, -0.2) is 0 Å². The van der Waals surface area contributed by atoms with Gasteiger partial charge in [0.1, 0.15) is 17.4 Å². The molecule has 0 bridgehead atoms. The molecule has 2 N–H and O–H groups in total. The van der Waals surface area contributed by atoms with Crippen LogP contribution in [-0.2, 0) is 11.3 Å². The van der Waals surface area contributed by atoms with E-state index in [1.54, 1.807) is 18.2 Å². The smallest absolute Gasteiger partial charge is 0.273 e. The largest absolute Gasteiger partial charge is 0.494 e. The quantitative estimate of drug-likeness (QED) is 0.326. The number of hydrogen-bond donors (Lipinski definition) is 2. The number of carbonyl (C=O) groups is 1. The van der Waals surface area contributed by atoms with Crippen molar-refractivity contribution in [1.29, 1.82) is 5.26 Å². The molecule has 0 saturated carbocycles. The molecule has 2 rings (SSSR count). The molecule has 0 aliphatic carbocycles. The summed E-state index contributed by atoms with van der Waals surface area (Å²) in [5.74, 6) is -0.574. The summed E-state index contributed by atoms with van der Waals surface area (Å²) in [4.78, 5) is 22.5. The number of nitro groups is 1. The Hall–Kier alpha value is -3.57. The fraction of sp³-hybridized carbons (Fsp3) is 0.111. The summed E-state index contributed by atoms with van der Waals surface area (Å²) in [5.41, 5.74) is 0.662. The first kappa shape index (κ1) is 19.8. The van der Waals surface area contributed by atoms with Crippen molar-refractivity contribution in [1.82, 2.24) is 5.32 Å². The highest BCUT2D eigenvalue weighted by Crippen LogP contribution is 2.29. The number of rotatable bonds is 7. The van der Waals surface area contributed by atoms with E-state index in [1.807, 2.05) is 12.1 Å². The molecule has 0 saturated heterocycles. The minimum absolute atomic E-state index is 0.110. The molecular weight excluding hydrogens is 372 g/mol. The average molecular weight is 387 g/mol. The SMILES string of the molecule is COc1cc([N+](=O)[O-])ccc1NC(=O)/C(C#N)=C\NCc1ccccc1Cl. The summed E-state index contributed by atoms with van der Waals surface area (Å²) >= 11 is 6.04. The maximum Gasteiger partial charge on any atom is 0.273 e. The first-order valence-corrected chi connectivity index (χ1v) is 8.05. The fourth-order valence-corrected chi connectivity index (χ4v) is 2.34. The topological polar surface area (TPSA) is 117 Å². The van der Waals surface area contributed by atoms with Gasteiger partial charge in [0.15, 0.2) is 0 Å². The van der Waals surface area contributed by atoms with Crippen LogP contribution in [0, 0.1) is 21.4 Å². The lowest BCUT2D eigenvalue weighted by Crippen LogP contribution is -2.17. The van der Waals surface area contributed by atoms with Crippen LogP contribution < -0.4 is 15.4 Å². The maximum atomic E-state index is 12.3. The van der Waals surface area contributed by atoms with Gasteiger partial charge in [-0.2, -0.15) is 5.26 Å². The summed E-state index contributed by atoms with van der Waals surface area (Å²) in [6.07, 6.45) is 1.27. The zero-order valence-electron chi connectivity index (χ0n) is 14.2. The van der Waals surface area contributed by atoms with Crippen LogP contribution in [-0.4, -0.2) is 17.9 Å². The number of carbonyl (C=O) groups excluding carboxylic acids is 1. The predicted molar refractivity (Wildman–Crippen MR) is 100 cm³/mol. The number of benzene rings is 2. The highest BCUT2D eigenvalue weighted by Gasteiger charge is 2.15. The van der Waals surface area contributed by atoms with E-state index in [4.69, 9.17) is 16.3 Å². The van der Waals surface area contributed by atoms with E-state index >= 15 is 0 Å².